The Hall–Kier alpha value is -2.81. The molecule has 0 unspecified atom stereocenters. The third-order valence-electron chi connectivity index (χ3n) is 3.51. The fourth-order valence-corrected chi connectivity index (χ4v) is 1.92. The number of benzene rings is 1. The molecule has 1 aromatic carbocycles. The molecular formula is C18H20F3N3O3. The van der Waals surface area contributed by atoms with Gasteiger partial charge in [-0.1, -0.05) is 0 Å². The van der Waals surface area contributed by atoms with Gasteiger partial charge in [0.25, 0.3) is 0 Å². The highest BCUT2D eigenvalue weighted by molar-refractivity contribution is 5.70. The van der Waals surface area contributed by atoms with Gasteiger partial charge in [0.15, 0.2) is 0 Å². The summed E-state index contributed by atoms with van der Waals surface area (Å²) in [6.07, 6.45) is -4.24. The Morgan fingerprint density at radius 1 is 1.00 bits per heavy atom. The van der Waals surface area contributed by atoms with E-state index in [0.717, 1.165) is 12.1 Å². The SMILES string of the molecule is CN(C)CCN(C)C(=O)Oc1ccc(Oc2ccc(C(F)(F)F)cn2)cc1. The third-order valence-corrected chi connectivity index (χ3v) is 3.51. The van der Waals surface area contributed by atoms with Gasteiger partial charge in [0, 0.05) is 32.4 Å². The molecule has 1 heterocycles. The van der Waals surface area contributed by atoms with E-state index in [0.29, 0.717) is 30.8 Å². The van der Waals surface area contributed by atoms with Crippen LogP contribution < -0.4 is 9.47 Å². The summed E-state index contributed by atoms with van der Waals surface area (Å²) in [5, 5.41) is 0. The van der Waals surface area contributed by atoms with Crippen molar-refractivity contribution in [1.82, 2.24) is 14.8 Å². The van der Waals surface area contributed by atoms with E-state index in [1.807, 2.05) is 19.0 Å². The molecule has 2 aromatic rings. The van der Waals surface area contributed by atoms with E-state index >= 15 is 0 Å². The van der Waals surface area contributed by atoms with Crippen LogP contribution in [0.3, 0.4) is 0 Å². The summed E-state index contributed by atoms with van der Waals surface area (Å²) in [6, 6.07) is 8.14. The van der Waals surface area contributed by atoms with Crippen LogP contribution in [0.2, 0.25) is 0 Å². The number of ether oxygens (including phenoxy) is 2. The molecule has 0 fully saturated rings. The van der Waals surface area contributed by atoms with Crippen LogP contribution in [0.4, 0.5) is 18.0 Å². The monoisotopic (exact) mass is 383 g/mol. The Morgan fingerprint density at radius 3 is 2.15 bits per heavy atom. The van der Waals surface area contributed by atoms with Crippen LogP contribution in [-0.2, 0) is 6.18 Å². The molecule has 0 atom stereocenters. The molecule has 0 aliphatic rings. The molecular weight excluding hydrogens is 363 g/mol. The number of carbonyl (C=O) groups excluding carboxylic acids is 1. The van der Waals surface area contributed by atoms with Crippen molar-refractivity contribution in [3.8, 4) is 17.4 Å². The summed E-state index contributed by atoms with van der Waals surface area (Å²) < 4.78 is 48.2. The van der Waals surface area contributed by atoms with E-state index in [4.69, 9.17) is 9.47 Å². The van der Waals surface area contributed by atoms with Gasteiger partial charge in [0.05, 0.1) is 5.56 Å². The minimum Gasteiger partial charge on any atom is -0.439 e. The number of rotatable bonds is 6. The second kappa shape index (κ2) is 8.72. The highest BCUT2D eigenvalue weighted by atomic mass is 19.4. The highest BCUT2D eigenvalue weighted by Crippen LogP contribution is 2.30. The first kappa shape index (κ1) is 20.5. The molecule has 0 saturated heterocycles. The van der Waals surface area contributed by atoms with E-state index < -0.39 is 17.8 Å². The molecule has 1 aromatic heterocycles. The van der Waals surface area contributed by atoms with E-state index in [2.05, 4.69) is 4.98 Å². The maximum Gasteiger partial charge on any atom is 0.417 e. The van der Waals surface area contributed by atoms with Gasteiger partial charge in [-0.2, -0.15) is 13.2 Å². The Bertz CT molecular complexity index is 747. The van der Waals surface area contributed by atoms with Crippen molar-refractivity contribution >= 4 is 6.09 Å². The number of likely N-dealkylation sites (N-methyl/N-ethyl adjacent to an activating group) is 2. The largest absolute Gasteiger partial charge is 0.439 e. The van der Waals surface area contributed by atoms with Crippen molar-refractivity contribution in [2.75, 3.05) is 34.2 Å². The van der Waals surface area contributed by atoms with E-state index in [1.165, 1.54) is 29.2 Å². The molecule has 146 valence electrons. The first-order chi connectivity index (χ1) is 12.6. The number of halogens is 3. The van der Waals surface area contributed by atoms with Gasteiger partial charge in [-0.05, 0) is 44.4 Å². The van der Waals surface area contributed by atoms with Gasteiger partial charge >= 0.3 is 12.3 Å². The average Bonchev–Trinajstić information content (AvgIpc) is 2.61. The Kier molecular flexibility index (Phi) is 6.62. The summed E-state index contributed by atoms with van der Waals surface area (Å²) in [7, 11) is 5.45. The van der Waals surface area contributed by atoms with E-state index in [1.54, 1.807) is 7.05 Å². The normalized spacial score (nSPS) is 11.4. The van der Waals surface area contributed by atoms with Gasteiger partial charge in [0.1, 0.15) is 11.5 Å². The van der Waals surface area contributed by atoms with Crippen molar-refractivity contribution in [3.05, 3.63) is 48.2 Å². The zero-order chi connectivity index (χ0) is 20.0. The minimum atomic E-state index is -4.45. The average molecular weight is 383 g/mol. The number of hydrogen-bond acceptors (Lipinski definition) is 5. The van der Waals surface area contributed by atoms with Crippen LogP contribution in [-0.4, -0.2) is 55.1 Å². The smallest absolute Gasteiger partial charge is 0.417 e. The third kappa shape index (κ3) is 6.45. The lowest BCUT2D eigenvalue weighted by atomic mass is 10.3. The van der Waals surface area contributed by atoms with Crippen molar-refractivity contribution in [2.45, 2.75) is 6.18 Å². The first-order valence-electron chi connectivity index (χ1n) is 8.04. The first-order valence-corrected chi connectivity index (χ1v) is 8.04. The lowest BCUT2D eigenvalue weighted by molar-refractivity contribution is -0.137. The zero-order valence-electron chi connectivity index (χ0n) is 15.2. The molecule has 9 heteroatoms. The van der Waals surface area contributed by atoms with Crippen molar-refractivity contribution in [1.29, 1.82) is 0 Å². The standard InChI is InChI=1S/C18H20F3N3O3/c1-23(2)10-11-24(3)17(25)27-15-7-5-14(6-8-15)26-16-9-4-13(12-22-16)18(19,20)21/h4-9,12H,10-11H2,1-3H3. The summed E-state index contributed by atoms with van der Waals surface area (Å²) in [6.45, 7) is 1.23. The Morgan fingerprint density at radius 2 is 1.63 bits per heavy atom. The summed E-state index contributed by atoms with van der Waals surface area (Å²) in [4.78, 5) is 19.0. The maximum absolute atomic E-state index is 12.5. The van der Waals surface area contributed by atoms with Gasteiger partial charge in [-0.3, -0.25) is 0 Å². The lowest BCUT2D eigenvalue weighted by Gasteiger charge is -2.19. The number of aromatic nitrogens is 1. The van der Waals surface area contributed by atoms with E-state index in [-0.39, 0.29) is 5.88 Å². The molecule has 6 nitrogen and oxygen atoms in total. The van der Waals surface area contributed by atoms with E-state index in [9.17, 15) is 18.0 Å². The molecule has 0 radical (unpaired) electrons. The maximum atomic E-state index is 12.5. The predicted octanol–water partition coefficient (Wildman–Crippen LogP) is 3.88. The second-order valence-corrected chi connectivity index (χ2v) is 6.05. The fourth-order valence-electron chi connectivity index (χ4n) is 1.92. The number of pyridine rings is 1. The number of hydrogen-bond donors (Lipinski definition) is 0. The molecule has 0 spiro atoms. The molecule has 2 rings (SSSR count). The minimum absolute atomic E-state index is 0.0242. The molecule has 0 saturated carbocycles. The van der Waals surface area contributed by atoms with Crippen LogP contribution in [0.1, 0.15) is 5.56 Å². The summed E-state index contributed by atoms with van der Waals surface area (Å²) >= 11 is 0. The van der Waals surface area contributed by atoms with Gasteiger partial charge < -0.3 is 19.3 Å². The number of nitrogens with zero attached hydrogens (tertiary/aromatic N) is 3. The number of alkyl halides is 3. The Labute approximate surface area is 155 Å². The number of amides is 1. The van der Waals surface area contributed by atoms with Gasteiger partial charge in [0.2, 0.25) is 5.88 Å². The fraction of sp³-hybridized carbons (Fsp3) is 0.333. The molecule has 27 heavy (non-hydrogen) atoms. The summed E-state index contributed by atoms with van der Waals surface area (Å²) in [5.74, 6) is 0.698. The second-order valence-electron chi connectivity index (χ2n) is 6.05. The van der Waals surface area contributed by atoms with Crippen LogP contribution >= 0.6 is 0 Å². The van der Waals surface area contributed by atoms with Gasteiger partial charge in [-0.15, -0.1) is 0 Å². The summed E-state index contributed by atoms with van der Waals surface area (Å²) in [5.41, 5.74) is -0.851. The highest BCUT2D eigenvalue weighted by Gasteiger charge is 2.30. The molecule has 0 N–H and O–H groups in total. The number of carbonyl (C=O) groups is 1. The molecule has 1 amide bonds. The van der Waals surface area contributed by atoms with Crippen molar-refractivity contribution < 1.29 is 27.4 Å². The Balaban J connectivity index is 1.92. The van der Waals surface area contributed by atoms with Crippen LogP contribution in [0.15, 0.2) is 42.6 Å². The molecule has 0 aliphatic heterocycles. The van der Waals surface area contributed by atoms with Crippen LogP contribution in [0.5, 0.6) is 17.4 Å². The molecule has 0 bridgehead atoms. The molecule has 0 aliphatic carbocycles. The quantitative estimate of drug-likeness (QED) is 0.758. The lowest BCUT2D eigenvalue weighted by Crippen LogP contribution is -2.35. The van der Waals surface area contributed by atoms with Crippen molar-refractivity contribution in [3.63, 3.8) is 0 Å². The predicted molar refractivity (Wildman–Crippen MR) is 93.0 cm³/mol. The zero-order valence-corrected chi connectivity index (χ0v) is 15.2. The van der Waals surface area contributed by atoms with Crippen molar-refractivity contribution in [2.24, 2.45) is 0 Å². The van der Waals surface area contributed by atoms with Crippen LogP contribution in [0, 0.1) is 0 Å². The van der Waals surface area contributed by atoms with Gasteiger partial charge in [-0.25, -0.2) is 9.78 Å². The topological polar surface area (TPSA) is 54.9 Å². The van der Waals surface area contributed by atoms with Crippen LogP contribution in [0.25, 0.3) is 0 Å².